The number of rotatable bonds is 4. The normalized spacial score (nSPS) is 14.9. The number of para-hydroxylation sites is 1. The molecule has 0 bridgehead atoms. The third-order valence-corrected chi connectivity index (χ3v) is 6.17. The third-order valence-electron chi connectivity index (χ3n) is 6.17. The molecule has 0 atom stereocenters. The Morgan fingerprint density at radius 3 is 2.27 bits per heavy atom. The van der Waals surface area contributed by atoms with Gasteiger partial charge < -0.3 is 4.90 Å². The number of aromatic nitrogens is 2. The highest BCUT2D eigenvalue weighted by Crippen LogP contribution is 2.31. The molecule has 3 nitrogen and oxygen atoms in total. The van der Waals surface area contributed by atoms with Gasteiger partial charge in [-0.25, -0.2) is 9.97 Å². The SMILES string of the molecule is Cc1ccc(-c2nc(N3CCC(Cc4ccccc4)CC3)c3ccccc3n2)cc1. The van der Waals surface area contributed by atoms with E-state index >= 15 is 0 Å². The first kappa shape index (κ1) is 18.8. The van der Waals surface area contributed by atoms with Gasteiger partial charge in [0.05, 0.1) is 5.52 Å². The van der Waals surface area contributed by atoms with Gasteiger partial charge in [0.25, 0.3) is 0 Å². The van der Waals surface area contributed by atoms with Crippen molar-refractivity contribution >= 4 is 16.7 Å². The topological polar surface area (TPSA) is 29.0 Å². The number of nitrogens with zero attached hydrogens (tertiary/aromatic N) is 3. The van der Waals surface area contributed by atoms with Crippen LogP contribution in [0.25, 0.3) is 22.3 Å². The molecular weight excluding hydrogens is 366 g/mol. The molecule has 3 aromatic carbocycles. The van der Waals surface area contributed by atoms with Crippen LogP contribution in [-0.2, 0) is 6.42 Å². The molecule has 0 saturated carbocycles. The van der Waals surface area contributed by atoms with Gasteiger partial charge in [-0.05, 0) is 49.8 Å². The van der Waals surface area contributed by atoms with Crippen molar-refractivity contribution in [3.05, 3.63) is 90.0 Å². The van der Waals surface area contributed by atoms with E-state index in [1.165, 1.54) is 30.4 Å². The predicted molar refractivity (Wildman–Crippen MR) is 125 cm³/mol. The predicted octanol–water partition coefficient (Wildman–Crippen LogP) is 6.06. The lowest BCUT2D eigenvalue weighted by molar-refractivity contribution is 0.403. The molecule has 0 spiro atoms. The van der Waals surface area contributed by atoms with E-state index in [4.69, 9.17) is 9.97 Å². The molecule has 0 radical (unpaired) electrons. The minimum atomic E-state index is 0.744. The van der Waals surface area contributed by atoms with Crippen LogP contribution in [0.2, 0.25) is 0 Å². The van der Waals surface area contributed by atoms with Crippen molar-refractivity contribution in [3.8, 4) is 11.4 Å². The molecule has 1 aliphatic heterocycles. The average molecular weight is 394 g/mol. The molecule has 0 aliphatic carbocycles. The maximum absolute atomic E-state index is 5.05. The summed E-state index contributed by atoms with van der Waals surface area (Å²) < 4.78 is 0. The summed E-state index contributed by atoms with van der Waals surface area (Å²) in [6, 6.07) is 27.8. The van der Waals surface area contributed by atoms with Crippen LogP contribution in [0.1, 0.15) is 24.0 Å². The van der Waals surface area contributed by atoms with Crippen LogP contribution in [0, 0.1) is 12.8 Å². The molecule has 1 aliphatic rings. The second kappa shape index (κ2) is 8.27. The fourth-order valence-corrected chi connectivity index (χ4v) is 4.43. The van der Waals surface area contributed by atoms with E-state index in [-0.39, 0.29) is 0 Å². The zero-order chi connectivity index (χ0) is 20.3. The van der Waals surface area contributed by atoms with Crippen molar-refractivity contribution < 1.29 is 0 Å². The molecule has 2 heterocycles. The second-order valence-electron chi connectivity index (χ2n) is 8.37. The molecule has 30 heavy (non-hydrogen) atoms. The van der Waals surface area contributed by atoms with E-state index in [1.54, 1.807) is 0 Å². The van der Waals surface area contributed by atoms with Crippen LogP contribution in [0.15, 0.2) is 78.9 Å². The molecule has 150 valence electrons. The maximum Gasteiger partial charge on any atom is 0.162 e. The maximum atomic E-state index is 5.05. The van der Waals surface area contributed by atoms with E-state index in [2.05, 4.69) is 90.7 Å². The summed E-state index contributed by atoms with van der Waals surface area (Å²) in [5.41, 5.74) is 4.79. The minimum absolute atomic E-state index is 0.744. The van der Waals surface area contributed by atoms with Gasteiger partial charge in [0.2, 0.25) is 0 Å². The number of piperidine rings is 1. The van der Waals surface area contributed by atoms with Crippen molar-refractivity contribution in [2.75, 3.05) is 18.0 Å². The molecule has 1 aromatic heterocycles. The fraction of sp³-hybridized carbons (Fsp3) is 0.259. The monoisotopic (exact) mass is 393 g/mol. The Morgan fingerprint density at radius 2 is 1.50 bits per heavy atom. The molecule has 4 aromatic rings. The Morgan fingerprint density at radius 1 is 0.800 bits per heavy atom. The second-order valence-corrected chi connectivity index (χ2v) is 8.37. The number of anilines is 1. The van der Waals surface area contributed by atoms with Crippen molar-refractivity contribution in [3.63, 3.8) is 0 Å². The quantitative estimate of drug-likeness (QED) is 0.422. The van der Waals surface area contributed by atoms with Crippen LogP contribution >= 0.6 is 0 Å². The van der Waals surface area contributed by atoms with Crippen molar-refractivity contribution in [1.29, 1.82) is 0 Å². The van der Waals surface area contributed by atoms with Crippen LogP contribution < -0.4 is 4.90 Å². The molecule has 1 fully saturated rings. The van der Waals surface area contributed by atoms with Gasteiger partial charge in [0.1, 0.15) is 5.82 Å². The van der Waals surface area contributed by atoms with E-state index < -0.39 is 0 Å². The molecule has 1 saturated heterocycles. The third kappa shape index (κ3) is 3.93. The van der Waals surface area contributed by atoms with Gasteiger partial charge in [-0.1, -0.05) is 72.3 Å². The zero-order valence-electron chi connectivity index (χ0n) is 17.5. The summed E-state index contributed by atoms with van der Waals surface area (Å²) in [5.74, 6) is 2.64. The summed E-state index contributed by atoms with van der Waals surface area (Å²) in [6.45, 7) is 4.20. The van der Waals surface area contributed by atoms with Crippen molar-refractivity contribution in [2.24, 2.45) is 5.92 Å². The lowest BCUT2D eigenvalue weighted by Gasteiger charge is -2.33. The first-order valence-electron chi connectivity index (χ1n) is 10.9. The van der Waals surface area contributed by atoms with E-state index in [0.29, 0.717) is 0 Å². The highest BCUT2D eigenvalue weighted by molar-refractivity contribution is 5.91. The zero-order valence-corrected chi connectivity index (χ0v) is 17.5. The number of aryl methyl sites for hydroxylation is 1. The molecule has 0 amide bonds. The Kier molecular flexibility index (Phi) is 5.18. The number of fused-ring (bicyclic) bond motifs is 1. The van der Waals surface area contributed by atoms with Gasteiger partial charge in [0.15, 0.2) is 5.82 Å². The Balaban J connectivity index is 1.42. The van der Waals surface area contributed by atoms with Gasteiger partial charge in [0, 0.05) is 24.0 Å². The molecule has 3 heteroatoms. The summed E-state index contributed by atoms with van der Waals surface area (Å²) in [6.07, 6.45) is 3.58. The molecule has 0 N–H and O–H groups in total. The van der Waals surface area contributed by atoms with Crippen molar-refractivity contribution in [1.82, 2.24) is 9.97 Å². The van der Waals surface area contributed by atoms with Crippen LogP contribution in [0.4, 0.5) is 5.82 Å². The molecule has 0 unspecified atom stereocenters. The molecular formula is C27H27N3. The first-order chi connectivity index (χ1) is 14.8. The lowest BCUT2D eigenvalue weighted by Crippen LogP contribution is -2.35. The number of hydrogen-bond acceptors (Lipinski definition) is 3. The van der Waals surface area contributed by atoms with Crippen LogP contribution in [0.5, 0.6) is 0 Å². The Labute approximate surface area is 178 Å². The largest absolute Gasteiger partial charge is 0.356 e. The number of benzene rings is 3. The van der Waals surface area contributed by atoms with E-state index in [9.17, 15) is 0 Å². The van der Waals surface area contributed by atoms with Gasteiger partial charge in [-0.3, -0.25) is 0 Å². The highest BCUT2D eigenvalue weighted by atomic mass is 15.2. The standard InChI is InChI=1S/C27H27N3/c1-20-11-13-23(14-12-20)26-28-25-10-6-5-9-24(25)27(29-26)30-17-15-22(16-18-30)19-21-7-3-2-4-8-21/h2-14,22H,15-19H2,1H3. The fourth-order valence-electron chi connectivity index (χ4n) is 4.43. The number of hydrogen-bond donors (Lipinski definition) is 0. The Hall–Kier alpha value is -3.20. The molecule has 5 rings (SSSR count). The van der Waals surface area contributed by atoms with Crippen LogP contribution in [0.3, 0.4) is 0 Å². The summed E-state index contributed by atoms with van der Waals surface area (Å²) in [4.78, 5) is 12.4. The van der Waals surface area contributed by atoms with Crippen molar-refractivity contribution in [2.45, 2.75) is 26.2 Å². The van der Waals surface area contributed by atoms with Crippen LogP contribution in [-0.4, -0.2) is 23.1 Å². The van der Waals surface area contributed by atoms with E-state index in [1.807, 2.05) is 0 Å². The Bertz CT molecular complexity index is 1130. The smallest absolute Gasteiger partial charge is 0.162 e. The van der Waals surface area contributed by atoms with Gasteiger partial charge in [-0.2, -0.15) is 0 Å². The lowest BCUT2D eigenvalue weighted by atomic mass is 9.90. The van der Waals surface area contributed by atoms with E-state index in [0.717, 1.165) is 47.1 Å². The minimum Gasteiger partial charge on any atom is -0.356 e. The highest BCUT2D eigenvalue weighted by Gasteiger charge is 2.23. The summed E-state index contributed by atoms with van der Waals surface area (Å²) in [5, 5.41) is 1.15. The summed E-state index contributed by atoms with van der Waals surface area (Å²) in [7, 11) is 0. The van der Waals surface area contributed by atoms with Gasteiger partial charge in [-0.15, -0.1) is 0 Å². The average Bonchev–Trinajstić information content (AvgIpc) is 2.80. The van der Waals surface area contributed by atoms with Gasteiger partial charge >= 0.3 is 0 Å². The first-order valence-corrected chi connectivity index (χ1v) is 10.9. The summed E-state index contributed by atoms with van der Waals surface area (Å²) >= 11 is 0.